The van der Waals surface area contributed by atoms with E-state index in [9.17, 15) is 4.79 Å². The van der Waals surface area contributed by atoms with E-state index < -0.39 is 0 Å². The third kappa shape index (κ3) is 4.36. The second-order valence-corrected chi connectivity index (χ2v) is 7.21. The zero-order valence-electron chi connectivity index (χ0n) is 15.9. The molecule has 3 aromatic rings. The lowest BCUT2D eigenvalue weighted by atomic mass is 10.1. The quantitative estimate of drug-likeness (QED) is 0.451. The third-order valence-corrected chi connectivity index (χ3v) is 5.11. The fraction of sp³-hybridized carbons (Fsp3) is 0.300. The number of Topliss-reactive ketones (excluding diaryl/α,β-unsaturated/α-hetero) is 1. The minimum absolute atomic E-state index is 0.0319. The molecule has 0 spiro atoms. The molecule has 0 fully saturated rings. The molecule has 0 unspecified atom stereocenters. The van der Waals surface area contributed by atoms with Crippen LogP contribution < -0.4 is 4.74 Å². The van der Waals surface area contributed by atoms with Gasteiger partial charge in [-0.05, 0) is 68.0 Å². The first kappa shape index (κ1) is 19.1. The predicted octanol–water partition coefficient (Wildman–Crippen LogP) is 4.17. The summed E-state index contributed by atoms with van der Waals surface area (Å²) < 4.78 is 7.45. The van der Waals surface area contributed by atoms with Crippen LogP contribution in [0.5, 0.6) is 5.75 Å². The van der Waals surface area contributed by atoms with Gasteiger partial charge in [-0.2, -0.15) is 4.68 Å². The topological polar surface area (TPSA) is 69.9 Å². The number of aryl methyl sites for hydroxylation is 2. The summed E-state index contributed by atoms with van der Waals surface area (Å²) in [5.74, 6) is 1.41. The van der Waals surface area contributed by atoms with E-state index >= 15 is 0 Å². The second kappa shape index (κ2) is 8.35. The first-order chi connectivity index (χ1) is 13.0. The molecule has 3 rings (SSSR count). The second-order valence-electron chi connectivity index (χ2n) is 6.26. The molecule has 0 bridgehead atoms. The fourth-order valence-electron chi connectivity index (χ4n) is 2.81. The first-order valence-corrected chi connectivity index (χ1v) is 9.73. The van der Waals surface area contributed by atoms with Crippen LogP contribution in [0.4, 0.5) is 0 Å². The Labute approximate surface area is 162 Å². The molecule has 140 valence electrons. The Morgan fingerprint density at radius 3 is 2.70 bits per heavy atom. The molecular formula is C20H22N4O2S. The van der Waals surface area contributed by atoms with Gasteiger partial charge in [-0.3, -0.25) is 4.79 Å². The number of ether oxygens (including phenoxy) is 1. The number of aromatic nitrogens is 4. The van der Waals surface area contributed by atoms with Crippen molar-refractivity contribution >= 4 is 17.5 Å². The van der Waals surface area contributed by atoms with Crippen molar-refractivity contribution in [3.63, 3.8) is 0 Å². The molecule has 2 aromatic carbocycles. The van der Waals surface area contributed by atoms with Gasteiger partial charge in [0.1, 0.15) is 5.75 Å². The number of hydrogen-bond acceptors (Lipinski definition) is 6. The van der Waals surface area contributed by atoms with Gasteiger partial charge >= 0.3 is 0 Å². The van der Waals surface area contributed by atoms with E-state index in [1.165, 1.54) is 17.3 Å². The smallest absolute Gasteiger partial charge is 0.214 e. The number of ketones is 1. The Morgan fingerprint density at radius 1 is 1.19 bits per heavy atom. The zero-order valence-corrected chi connectivity index (χ0v) is 16.7. The Hall–Kier alpha value is -2.67. The van der Waals surface area contributed by atoms with Crippen LogP contribution in [-0.4, -0.2) is 32.6 Å². The number of tetrazole rings is 1. The van der Waals surface area contributed by atoms with Gasteiger partial charge in [0.15, 0.2) is 5.78 Å². The van der Waals surface area contributed by atoms with Crippen LogP contribution in [0.1, 0.15) is 40.9 Å². The van der Waals surface area contributed by atoms with Gasteiger partial charge in [0.05, 0.1) is 12.3 Å². The van der Waals surface area contributed by atoms with Crippen molar-refractivity contribution in [1.82, 2.24) is 20.2 Å². The number of hydrogen-bond donors (Lipinski definition) is 0. The molecular weight excluding hydrogens is 360 g/mol. The highest BCUT2D eigenvalue weighted by Gasteiger charge is 2.14. The molecule has 0 atom stereocenters. The molecule has 0 aliphatic rings. The van der Waals surface area contributed by atoms with Gasteiger partial charge in [0.2, 0.25) is 5.16 Å². The van der Waals surface area contributed by atoms with E-state index in [1.807, 2.05) is 38.1 Å². The number of thioether (sulfide) groups is 1. The van der Waals surface area contributed by atoms with Gasteiger partial charge < -0.3 is 4.74 Å². The Bertz CT molecular complexity index is 968. The number of carbonyl (C=O) groups excluding carboxylic acids is 1. The summed E-state index contributed by atoms with van der Waals surface area (Å²) in [6.07, 6.45) is 0. The minimum Gasteiger partial charge on any atom is -0.494 e. The van der Waals surface area contributed by atoms with Crippen LogP contribution in [0.25, 0.3) is 5.69 Å². The summed E-state index contributed by atoms with van der Waals surface area (Å²) in [6.45, 7) is 8.17. The highest BCUT2D eigenvalue weighted by Crippen LogP contribution is 2.29. The van der Waals surface area contributed by atoms with Crippen molar-refractivity contribution in [2.24, 2.45) is 0 Å². The molecule has 0 radical (unpaired) electrons. The largest absolute Gasteiger partial charge is 0.494 e. The summed E-state index contributed by atoms with van der Waals surface area (Å²) >= 11 is 1.51. The molecule has 7 heteroatoms. The number of benzene rings is 2. The molecule has 0 saturated heterocycles. The average molecular weight is 382 g/mol. The van der Waals surface area contributed by atoms with Crippen molar-refractivity contribution in [2.45, 2.75) is 38.6 Å². The maximum absolute atomic E-state index is 11.7. The van der Waals surface area contributed by atoms with Crippen LogP contribution in [0.3, 0.4) is 0 Å². The Kier molecular flexibility index (Phi) is 5.91. The summed E-state index contributed by atoms with van der Waals surface area (Å²) in [4.78, 5) is 11.7. The highest BCUT2D eigenvalue weighted by atomic mass is 32.2. The maximum atomic E-state index is 11.7. The lowest BCUT2D eigenvalue weighted by Gasteiger charge is -2.12. The van der Waals surface area contributed by atoms with Crippen molar-refractivity contribution in [1.29, 1.82) is 0 Å². The molecule has 0 amide bonds. The molecule has 0 aliphatic carbocycles. The molecule has 0 N–H and O–H groups in total. The van der Waals surface area contributed by atoms with Gasteiger partial charge in [0.25, 0.3) is 0 Å². The van der Waals surface area contributed by atoms with Crippen LogP contribution in [-0.2, 0) is 5.75 Å². The molecule has 6 nitrogen and oxygen atoms in total. The molecule has 1 aromatic heterocycles. The van der Waals surface area contributed by atoms with E-state index in [0.29, 0.717) is 23.1 Å². The molecule has 0 aliphatic heterocycles. The zero-order chi connectivity index (χ0) is 19.4. The number of rotatable bonds is 7. The molecule has 1 heterocycles. The van der Waals surface area contributed by atoms with Gasteiger partial charge in [-0.25, -0.2) is 0 Å². The van der Waals surface area contributed by atoms with Crippen molar-refractivity contribution < 1.29 is 9.53 Å². The van der Waals surface area contributed by atoms with E-state index in [0.717, 1.165) is 22.6 Å². The number of nitrogens with zero attached hydrogens (tertiary/aromatic N) is 4. The SMILES string of the molecule is CCOc1ccc(C(C)=O)cc1CSc1nnnn1-c1ccc(C)cc1C. The van der Waals surface area contributed by atoms with Gasteiger partial charge in [-0.1, -0.05) is 29.5 Å². The standard InChI is InChI=1S/C20H22N4O2S/c1-5-26-19-9-7-16(15(4)25)11-17(19)12-27-20-21-22-23-24(20)18-8-6-13(2)10-14(18)3/h6-11H,5,12H2,1-4H3. The summed E-state index contributed by atoms with van der Waals surface area (Å²) in [5.41, 5.74) is 4.88. The van der Waals surface area contributed by atoms with E-state index in [2.05, 4.69) is 28.5 Å². The van der Waals surface area contributed by atoms with Crippen LogP contribution in [0.2, 0.25) is 0 Å². The first-order valence-electron chi connectivity index (χ1n) is 8.75. The number of carbonyl (C=O) groups is 1. The fourth-order valence-corrected chi connectivity index (χ4v) is 3.67. The van der Waals surface area contributed by atoms with Crippen LogP contribution in [0.15, 0.2) is 41.6 Å². The lowest BCUT2D eigenvalue weighted by Crippen LogP contribution is -2.03. The lowest BCUT2D eigenvalue weighted by molar-refractivity contribution is 0.101. The van der Waals surface area contributed by atoms with Crippen molar-refractivity contribution in [2.75, 3.05) is 6.61 Å². The highest BCUT2D eigenvalue weighted by molar-refractivity contribution is 7.98. The van der Waals surface area contributed by atoms with Gasteiger partial charge in [-0.15, -0.1) is 5.10 Å². The molecule has 27 heavy (non-hydrogen) atoms. The minimum atomic E-state index is 0.0319. The monoisotopic (exact) mass is 382 g/mol. The summed E-state index contributed by atoms with van der Waals surface area (Å²) in [7, 11) is 0. The summed E-state index contributed by atoms with van der Waals surface area (Å²) in [5, 5.41) is 12.8. The normalized spacial score (nSPS) is 10.8. The van der Waals surface area contributed by atoms with Crippen molar-refractivity contribution in [3.05, 3.63) is 58.7 Å². The average Bonchev–Trinajstić information content (AvgIpc) is 3.09. The summed E-state index contributed by atoms with van der Waals surface area (Å²) in [6, 6.07) is 11.7. The third-order valence-electron chi connectivity index (χ3n) is 4.15. The Morgan fingerprint density at radius 2 is 2.00 bits per heavy atom. The molecule has 0 saturated carbocycles. The van der Waals surface area contributed by atoms with E-state index in [1.54, 1.807) is 17.7 Å². The van der Waals surface area contributed by atoms with Gasteiger partial charge in [0, 0.05) is 16.9 Å². The van der Waals surface area contributed by atoms with Crippen molar-refractivity contribution in [3.8, 4) is 11.4 Å². The maximum Gasteiger partial charge on any atom is 0.214 e. The Balaban J connectivity index is 1.87. The van der Waals surface area contributed by atoms with E-state index in [-0.39, 0.29) is 5.78 Å². The van der Waals surface area contributed by atoms with E-state index in [4.69, 9.17) is 4.74 Å². The predicted molar refractivity (Wildman–Crippen MR) is 106 cm³/mol. The van der Waals surface area contributed by atoms with Crippen LogP contribution in [0, 0.1) is 13.8 Å². The van der Waals surface area contributed by atoms with Crippen LogP contribution >= 0.6 is 11.8 Å².